The number of nitriles is 1. The monoisotopic (exact) mass is 329 g/mol. The highest BCUT2D eigenvalue weighted by molar-refractivity contribution is 6.38. The zero-order valence-electron chi connectivity index (χ0n) is 11.3. The van der Waals surface area contributed by atoms with Crippen LogP contribution in [0.25, 0.3) is 10.9 Å². The summed E-state index contributed by atoms with van der Waals surface area (Å²) in [5, 5.41) is 10.4. The van der Waals surface area contributed by atoms with E-state index in [1.807, 2.05) is 12.1 Å². The van der Waals surface area contributed by atoms with Crippen molar-refractivity contribution in [1.29, 1.82) is 5.26 Å². The Morgan fingerprint density at radius 2 is 1.86 bits per heavy atom. The minimum atomic E-state index is 0.321. The molecule has 0 N–H and O–H groups in total. The van der Waals surface area contributed by atoms with Gasteiger partial charge in [-0.3, -0.25) is 0 Å². The second-order valence-corrected chi connectivity index (χ2v) is 5.40. The van der Waals surface area contributed by atoms with Crippen molar-refractivity contribution in [1.82, 2.24) is 9.97 Å². The van der Waals surface area contributed by atoms with Gasteiger partial charge >= 0.3 is 0 Å². The minimum Gasteiger partial charge on any atom is -0.472 e. The third-order valence-electron chi connectivity index (χ3n) is 3.08. The molecule has 1 heterocycles. The van der Waals surface area contributed by atoms with Crippen LogP contribution in [0.1, 0.15) is 11.1 Å². The van der Waals surface area contributed by atoms with Crippen LogP contribution in [0.5, 0.6) is 5.88 Å². The Bertz CT molecular complexity index is 873. The van der Waals surface area contributed by atoms with Gasteiger partial charge in [0.05, 0.1) is 27.6 Å². The minimum absolute atomic E-state index is 0.321. The van der Waals surface area contributed by atoms with Gasteiger partial charge in [0.15, 0.2) is 0 Å². The predicted molar refractivity (Wildman–Crippen MR) is 85.0 cm³/mol. The van der Waals surface area contributed by atoms with Crippen LogP contribution in [0, 0.1) is 11.3 Å². The van der Waals surface area contributed by atoms with Gasteiger partial charge in [0.25, 0.3) is 0 Å². The quantitative estimate of drug-likeness (QED) is 0.715. The van der Waals surface area contributed by atoms with Crippen molar-refractivity contribution >= 4 is 34.1 Å². The standard InChI is InChI=1S/C16H9Cl2N3O/c17-12-5-13-15(14(18)6-12)20-9-21-16(13)22-8-11-3-1-10(7-19)2-4-11/h1-6,9H,8H2. The zero-order valence-corrected chi connectivity index (χ0v) is 12.8. The van der Waals surface area contributed by atoms with E-state index in [-0.39, 0.29) is 0 Å². The van der Waals surface area contributed by atoms with Crippen molar-refractivity contribution in [3.8, 4) is 11.9 Å². The lowest BCUT2D eigenvalue weighted by atomic mass is 10.1. The van der Waals surface area contributed by atoms with E-state index in [0.29, 0.717) is 39.0 Å². The van der Waals surface area contributed by atoms with Crippen LogP contribution >= 0.6 is 23.2 Å². The van der Waals surface area contributed by atoms with E-state index in [1.165, 1.54) is 6.33 Å². The van der Waals surface area contributed by atoms with Crippen LogP contribution in [0.15, 0.2) is 42.7 Å². The molecule has 0 unspecified atom stereocenters. The molecule has 0 bridgehead atoms. The molecule has 6 heteroatoms. The predicted octanol–water partition coefficient (Wildman–Crippen LogP) is 4.39. The van der Waals surface area contributed by atoms with E-state index in [2.05, 4.69) is 16.0 Å². The van der Waals surface area contributed by atoms with Crippen molar-refractivity contribution in [3.05, 3.63) is 63.9 Å². The zero-order chi connectivity index (χ0) is 15.5. The van der Waals surface area contributed by atoms with Crippen LogP contribution in [-0.4, -0.2) is 9.97 Å². The van der Waals surface area contributed by atoms with Gasteiger partial charge in [0, 0.05) is 5.02 Å². The molecule has 0 amide bonds. The molecule has 0 aliphatic rings. The van der Waals surface area contributed by atoms with E-state index >= 15 is 0 Å². The first kappa shape index (κ1) is 14.6. The van der Waals surface area contributed by atoms with Crippen LogP contribution in [0.4, 0.5) is 0 Å². The molecule has 3 rings (SSSR count). The van der Waals surface area contributed by atoms with Crippen molar-refractivity contribution < 1.29 is 4.74 Å². The topological polar surface area (TPSA) is 58.8 Å². The molecule has 108 valence electrons. The van der Waals surface area contributed by atoms with Gasteiger partial charge in [0.1, 0.15) is 12.9 Å². The Labute approximate surface area is 136 Å². The highest BCUT2D eigenvalue weighted by Gasteiger charge is 2.09. The Morgan fingerprint density at radius 3 is 2.59 bits per heavy atom. The summed E-state index contributed by atoms with van der Waals surface area (Å²) in [4.78, 5) is 8.28. The van der Waals surface area contributed by atoms with Crippen LogP contribution in [-0.2, 0) is 6.61 Å². The van der Waals surface area contributed by atoms with Crippen molar-refractivity contribution in [2.24, 2.45) is 0 Å². The smallest absolute Gasteiger partial charge is 0.224 e. The second-order valence-electron chi connectivity index (χ2n) is 4.56. The van der Waals surface area contributed by atoms with E-state index in [0.717, 1.165) is 5.56 Å². The first-order valence-electron chi connectivity index (χ1n) is 6.39. The van der Waals surface area contributed by atoms with Gasteiger partial charge in [-0.25, -0.2) is 9.97 Å². The van der Waals surface area contributed by atoms with Crippen LogP contribution in [0.2, 0.25) is 10.0 Å². The average Bonchev–Trinajstić information content (AvgIpc) is 2.53. The van der Waals surface area contributed by atoms with Crippen molar-refractivity contribution in [2.75, 3.05) is 0 Å². The number of hydrogen-bond donors (Lipinski definition) is 0. The second kappa shape index (κ2) is 6.18. The Kier molecular flexibility index (Phi) is 4.10. The fourth-order valence-corrected chi connectivity index (χ4v) is 2.55. The average molecular weight is 330 g/mol. The molecule has 0 spiro atoms. The summed E-state index contributed by atoms with van der Waals surface area (Å²) in [6, 6.07) is 12.6. The summed E-state index contributed by atoms with van der Waals surface area (Å²) in [7, 11) is 0. The maximum Gasteiger partial charge on any atom is 0.224 e. The van der Waals surface area contributed by atoms with Gasteiger partial charge in [-0.1, -0.05) is 35.3 Å². The maximum absolute atomic E-state index is 8.78. The van der Waals surface area contributed by atoms with E-state index in [1.54, 1.807) is 24.3 Å². The summed E-state index contributed by atoms with van der Waals surface area (Å²) < 4.78 is 5.74. The molecule has 4 nitrogen and oxygen atoms in total. The normalized spacial score (nSPS) is 10.4. The third-order valence-corrected chi connectivity index (χ3v) is 3.59. The number of ether oxygens (including phenoxy) is 1. The summed E-state index contributed by atoms with van der Waals surface area (Å²) in [5.74, 6) is 0.416. The van der Waals surface area contributed by atoms with Crippen LogP contribution in [0.3, 0.4) is 0 Å². The Balaban J connectivity index is 1.89. The number of halogens is 2. The summed E-state index contributed by atoms with van der Waals surface area (Å²) in [6.07, 6.45) is 1.40. The molecule has 0 saturated heterocycles. The van der Waals surface area contributed by atoms with Gasteiger partial charge in [-0.05, 0) is 29.8 Å². The summed E-state index contributed by atoms with van der Waals surface area (Å²) >= 11 is 12.1. The molecule has 3 aromatic rings. The fourth-order valence-electron chi connectivity index (χ4n) is 2.01. The lowest BCUT2D eigenvalue weighted by molar-refractivity contribution is 0.297. The Morgan fingerprint density at radius 1 is 1.09 bits per heavy atom. The van der Waals surface area contributed by atoms with Gasteiger partial charge in [-0.2, -0.15) is 5.26 Å². The molecule has 0 fully saturated rings. The van der Waals surface area contributed by atoms with Crippen molar-refractivity contribution in [3.63, 3.8) is 0 Å². The first-order chi connectivity index (χ1) is 10.7. The molecule has 0 radical (unpaired) electrons. The van der Waals surface area contributed by atoms with Gasteiger partial charge in [0.2, 0.25) is 5.88 Å². The molecule has 0 atom stereocenters. The summed E-state index contributed by atoms with van der Waals surface area (Å²) in [5.41, 5.74) is 2.13. The number of fused-ring (bicyclic) bond motifs is 1. The van der Waals surface area contributed by atoms with Crippen LogP contribution < -0.4 is 4.74 Å². The molecule has 2 aromatic carbocycles. The number of benzene rings is 2. The molecule has 0 aliphatic carbocycles. The molecule has 1 aromatic heterocycles. The lowest BCUT2D eigenvalue weighted by Gasteiger charge is -2.09. The SMILES string of the molecule is N#Cc1ccc(COc2ncnc3c(Cl)cc(Cl)cc23)cc1. The summed E-state index contributed by atoms with van der Waals surface area (Å²) in [6.45, 7) is 0.321. The third kappa shape index (κ3) is 2.96. The molecule has 0 saturated carbocycles. The highest BCUT2D eigenvalue weighted by atomic mass is 35.5. The van der Waals surface area contributed by atoms with E-state index < -0.39 is 0 Å². The number of aromatic nitrogens is 2. The molecular formula is C16H9Cl2N3O. The lowest BCUT2D eigenvalue weighted by Crippen LogP contribution is -1.99. The molecule has 0 aliphatic heterocycles. The van der Waals surface area contributed by atoms with E-state index in [4.69, 9.17) is 33.2 Å². The largest absolute Gasteiger partial charge is 0.472 e. The van der Waals surface area contributed by atoms with E-state index in [9.17, 15) is 0 Å². The molecular weight excluding hydrogens is 321 g/mol. The fraction of sp³-hybridized carbons (Fsp3) is 0.0625. The number of nitrogens with zero attached hydrogens (tertiary/aromatic N) is 3. The Hall–Kier alpha value is -2.35. The maximum atomic E-state index is 8.78. The number of hydrogen-bond acceptors (Lipinski definition) is 4. The van der Waals surface area contributed by atoms with Crippen molar-refractivity contribution in [2.45, 2.75) is 6.61 Å². The van der Waals surface area contributed by atoms with Gasteiger partial charge < -0.3 is 4.74 Å². The van der Waals surface area contributed by atoms with Gasteiger partial charge in [-0.15, -0.1) is 0 Å². The number of rotatable bonds is 3. The highest BCUT2D eigenvalue weighted by Crippen LogP contribution is 2.31. The molecule has 22 heavy (non-hydrogen) atoms. The first-order valence-corrected chi connectivity index (χ1v) is 7.14.